The SMILES string of the molecule is O=c1oc2c(F)cccc2cc1Br. The highest BCUT2D eigenvalue weighted by molar-refractivity contribution is 9.10. The Hall–Kier alpha value is -1.16. The molecule has 0 aliphatic heterocycles. The molecule has 1 aromatic carbocycles. The molecule has 0 radical (unpaired) electrons. The normalized spacial score (nSPS) is 10.6. The first-order valence-corrected chi connectivity index (χ1v) is 4.35. The standard InChI is InChI=1S/C9H4BrFO2/c10-6-4-5-2-1-3-7(11)8(5)13-9(6)12/h1-4H. The summed E-state index contributed by atoms with van der Waals surface area (Å²) >= 11 is 3.01. The molecule has 0 aliphatic rings. The number of fused-ring (bicyclic) bond motifs is 1. The second-order valence-electron chi connectivity index (χ2n) is 2.54. The molecule has 0 saturated heterocycles. The molecule has 0 N–H and O–H groups in total. The van der Waals surface area contributed by atoms with Gasteiger partial charge in [0.1, 0.15) is 4.47 Å². The van der Waals surface area contributed by atoms with E-state index in [0.717, 1.165) is 0 Å². The second kappa shape index (κ2) is 2.96. The number of para-hydroxylation sites is 1. The molecule has 0 bridgehead atoms. The summed E-state index contributed by atoms with van der Waals surface area (Å²) in [5, 5.41) is 0.562. The molecule has 1 heterocycles. The zero-order valence-corrected chi connectivity index (χ0v) is 7.97. The quantitative estimate of drug-likeness (QED) is 0.666. The van der Waals surface area contributed by atoms with Crippen LogP contribution >= 0.6 is 15.9 Å². The summed E-state index contributed by atoms with van der Waals surface area (Å²) in [4.78, 5) is 11.0. The molecule has 66 valence electrons. The molecule has 0 unspecified atom stereocenters. The average molecular weight is 243 g/mol. The van der Waals surface area contributed by atoms with Gasteiger partial charge in [0.05, 0.1) is 0 Å². The second-order valence-corrected chi connectivity index (χ2v) is 3.39. The van der Waals surface area contributed by atoms with Crippen LogP contribution < -0.4 is 5.63 Å². The van der Waals surface area contributed by atoms with Crippen molar-refractivity contribution in [1.82, 2.24) is 0 Å². The Morgan fingerprint density at radius 1 is 1.38 bits per heavy atom. The van der Waals surface area contributed by atoms with Crippen molar-refractivity contribution in [2.75, 3.05) is 0 Å². The summed E-state index contributed by atoms with van der Waals surface area (Å²) in [6.07, 6.45) is 0. The maximum atomic E-state index is 13.0. The molecule has 0 saturated carbocycles. The van der Waals surface area contributed by atoms with E-state index in [2.05, 4.69) is 15.9 Å². The van der Waals surface area contributed by atoms with Gasteiger partial charge in [0.2, 0.25) is 0 Å². The minimum Gasteiger partial charge on any atom is -0.419 e. The maximum absolute atomic E-state index is 13.0. The van der Waals surface area contributed by atoms with Crippen LogP contribution in [0.3, 0.4) is 0 Å². The first-order valence-electron chi connectivity index (χ1n) is 3.56. The molecule has 0 fully saturated rings. The third kappa shape index (κ3) is 1.37. The maximum Gasteiger partial charge on any atom is 0.350 e. The van der Waals surface area contributed by atoms with E-state index in [1.54, 1.807) is 12.1 Å². The van der Waals surface area contributed by atoms with Gasteiger partial charge in [-0.05, 0) is 28.1 Å². The van der Waals surface area contributed by atoms with Crippen molar-refractivity contribution in [3.8, 4) is 0 Å². The molecule has 2 rings (SSSR count). The average Bonchev–Trinajstić information content (AvgIpc) is 2.09. The molecule has 1 aromatic heterocycles. The lowest BCUT2D eigenvalue weighted by atomic mass is 10.2. The van der Waals surface area contributed by atoms with E-state index in [9.17, 15) is 9.18 Å². The van der Waals surface area contributed by atoms with Crippen LogP contribution in [0.15, 0.2) is 37.9 Å². The van der Waals surface area contributed by atoms with Crippen LogP contribution in [0.2, 0.25) is 0 Å². The van der Waals surface area contributed by atoms with Gasteiger partial charge < -0.3 is 4.42 Å². The summed E-state index contributed by atoms with van der Waals surface area (Å²) in [6.45, 7) is 0. The molecule has 0 amide bonds. The van der Waals surface area contributed by atoms with E-state index >= 15 is 0 Å². The van der Waals surface area contributed by atoms with Gasteiger partial charge in [0, 0.05) is 5.39 Å². The first kappa shape index (κ1) is 8.44. The Morgan fingerprint density at radius 3 is 2.92 bits per heavy atom. The van der Waals surface area contributed by atoms with Gasteiger partial charge in [-0.3, -0.25) is 0 Å². The Labute approximate surface area is 81.1 Å². The summed E-state index contributed by atoms with van der Waals surface area (Å²) in [7, 11) is 0. The van der Waals surface area contributed by atoms with Gasteiger partial charge in [0.15, 0.2) is 11.4 Å². The third-order valence-corrected chi connectivity index (χ3v) is 2.22. The highest BCUT2D eigenvalue weighted by Gasteiger charge is 2.05. The summed E-state index contributed by atoms with van der Waals surface area (Å²) in [6, 6.07) is 6.01. The fourth-order valence-electron chi connectivity index (χ4n) is 1.08. The van der Waals surface area contributed by atoms with Crippen LogP contribution in [0, 0.1) is 5.82 Å². The van der Waals surface area contributed by atoms with Crippen LogP contribution in [0.5, 0.6) is 0 Å². The van der Waals surface area contributed by atoms with Crippen LogP contribution in [0.1, 0.15) is 0 Å². The van der Waals surface area contributed by atoms with Gasteiger partial charge in [-0.1, -0.05) is 12.1 Å². The fraction of sp³-hybridized carbons (Fsp3) is 0. The van der Waals surface area contributed by atoms with Crippen molar-refractivity contribution in [2.45, 2.75) is 0 Å². The topological polar surface area (TPSA) is 30.2 Å². The Morgan fingerprint density at radius 2 is 2.15 bits per heavy atom. The van der Waals surface area contributed by atoms with E-state index < -0.39 is 11.4 Å². The van der Waals surface area contributed by atoms with E-state index in [-0.39, 0.29) is 5.58 Å². The molecule has 13 heavy (non-hydrogen) atoms. The van der Waals surface area contributed by atoms with Crippen molar-refractivity contribution in [2.24, 2.45) is 0 Å². The van der Waals surface area contributed by atoms with Gasteiger partial charge in [-0.2, -0.15) is 0 Å². The zero-order valence-electron chi connectivity index (χ0n) is 6.38. The minimum atomic E-state index is -0.572. The van der Waals surface area contributed by atoms with E-state index in [1.807, 2.05) is 0 Å². The van der Waals surface area contributed by atoms with E-state index in [1.165, 1.54) is 12.1 Å². The van der Waals surface area contributed by atoms with Crippen molar-refractivity contribution >= 4 is 26.9 Å². The Balaban J connectivity index is 2.97. The highest BCUT2D eigenvalue weighted by atomic mass is 79.9. The molecule has 0 atom stereocenters. The lowest BCUT2D eigenvalue weighted by Gasteiger charge is -1.96. The van der Waals surface area contributed by atoms with Crippen molar-refractivity contribution in [3.05, 3.63) is 45.0 Å². The number of rotatable bonds is 0. The van der Waals surface area contributed by atoms with Gasteiger partial charge in [-0.15, -0.1) is 0 Å². The van der Waals surface area contributed by atoms with Gasteiger partial charge in [-0.25, -0.2) is 9.18 Å². The van der Waals surface area contributed by atoms with Crippen LogP contribution in [-0.4, -0.2) is 0 Å². The highest BCUT2D eigenvalue weighted by Crippen LogP contribution is 2.18. The summed E-state index contributed by atoms with van der Waals surface area (Å²) in [5.41, 5.74) is -0.576. The Kier molecular flexibility index (Phi) is 1.92. The van der Waals surface area contributed by atoms with Crippen molar-refractivity contribution in [3.63, 3.8) is 0 Å². The number of hydrogen-bond donors (Lipinski definition) is 0. The minimum absolute atomic E-state index is 0.00398. The Bertz CT molecular complexity index is 518. The van der Waals surface area contributed by atoms with Crippen LogP contribution in [0.25, 0.3) is 11.0 Å². The number of hydrogen-bond acceptors (Lipinski definition) is 2. The van der Waals surface area contributed by atoms with E-state index in [0.29, 0.717) is 9.86 Å². The predicted molar refractivity (Wildman–Crippen MR) is 50.1 cm³/mol. The molecular formula is C9H4BrFO2. The lowest BCUT2D eigenvalue weighted by Crippen LogP contribution is -1.99. The number of halogens is 2. The molecular weight excluding hydrogens is 239 g/mol. The van der Waals surface area contributed by atoms with Crippen LogP contribution in [0.4, 0.5) is 4.39 Å². The summed E-state index contributed by atoms with van der Waals surface area (Å²) < 4.78 is 18.1. The molecule has 0 aliphatic carbocycles. The summed E-state index contributed by atoms with van der Waals surface area (Å²) in [5.74, 6) is -0.526. The largest absolute Gasteiger partial charge is 0.419 e. The first-order chi connectivity index (χ1) is 6.18. The van der Waals surface area contributed by atoms with Crippen molar-refractivity contribution < 1.29 is 8.81 Å². The fourth-order valence-corrected chi connectivity index (χ4v) is 1.41. The number of benzene rings is 1. The lowest BCUT2D eigenvalue weighted by molar-refractivity contribution is 0.521. The van der Waals surface area contributed by atoms with Crippen molar-refractivity contribution in [1.29, 1.82) is 0 Å². The third-order valence-electron chi connectivity index (χ3n) is 1.67. The molecule has 4 heteroatoms. The predicted octanol–water partition coefficient (Wildman–Crippen LogP) is 2.69. The smallest absolute Gasteiger partial charge is 0.350 e. The van der Waals surface area contributed by atoms with Gasteiger partial charge in [0.25, 0.3) is 0 Å². The monoisotopic (exact) mass is 242 g/mol. The van der Waals surface area contributed by atoms with Gasteiger partial charge >= 0.3 is 5.63 Å². The van der Waals surface area contributed by atoms with Crippen LogP contribution in [-0.2, 0) is 0 Å². The molecule has 2 nitrogen and oxygen atoms in total. The molecule has 0 spiro atoms. The van der Waals surface area contributed by atoms with E-state index in [4.69, 9.17) is 4.42 Å². The zero-order chi connectivity index (χ0) is 9.42. The molecule has 2 aromatic rings.